The lowest BCUT2D eigenvalue weighted by Crippen LogP contribution is -2.47. The average molecular weight is 478 g/mol. The molecule has 1 N–H and O–H groups in total. The highest BCUT2D eigenvalue weighted by molar-refractivity contribution is 7.13. The number of carbonyl (C=O) groups is 2. The summed E-state index contributed by atoms with van der Waals surface area (Å²) in [5.41, 5.74) is 2.02. The van der Waals surface area contributed by atoms with Gasteiger partial charge in [0, 0.05) is 17.8 Å². The van der Waals surface area contributed by atoms with Gasteiger partial charge in [0.05, 0.1) is 17.8 Å². The number of methoxy groups -OCH3 is 1. The summed E-state index contributed by atoms with van der Waals surface area (Å²) >= 11 is 1.35. The second-order valence-corrected chi connectivity index (χ2v) is 9.88. The third-order valence-corrected chi connectivity index (χ3v) is 7.28. The molecule has 0 bridgehead atoms. The number of nitrogens with one attached hydrogen (secondary N) is 1. The van der Waals surface area contributed by atoms with E-state index in [-0.39, 0.29) is 17.9 Å². The van der Waals surface area contributed by atoms with Crippen molar-refractivity contribution in [1.82, 2.24) is 10.3 Å². The smallest absolute Gasteiger partial charge is 0.271 e. The third-order valence-electron chi connectivity index (χ3n) is 6.22. The van der Waals surface area contributed by atoms with Crippen LogP contribution < -0.4 is 15.0 Å². The molecule has 1 aliphatic carbocycles. The van der Waals surface area contributed by atoms with Gasteiger partial charge in [-0.15, -0.1) is 11.3 Å². The van der Waals surface area contributed by atoms with Crippen LogP contribution in [-0.2, 0) is 4.79 Å². The Labute approximate surface area is 205 Å². The maximum atomic E-state index is 14.1. The van der Waals surface area contributed by atoms with Gasteiger partial charge in [-0.2, -0.15) is 0 Å². The van der Waals surface area contributed by atoms with E-state index in [2.05, 4.69) is 10.3 Å². The van der Waals surface area contributed by atoms with Crippen molar-refractivity contribution in [2.45, 2.75) is 58.0 Å². The fourth-order valence-corrected chi connectivity index (χ4v) is 5.42. The highest BCUT2D eigenvalue weighted by atomic mass is 32.1. The molecule has 3 aromatic rings. The lowest BCUT2D eigenvalue weighted by molar-refractivity contribution is -0.123. The van der Waals surface area contributed by atoms with E-state index >= 15 is 0 Å². The number of nitrogens with zero attached hydrogens (tertiary/aromatic N) is 2. The number of anilines is 1. The van der Waals surface area contributed by atoms with Crippen LogP contribution in [0.1, 0.15) is 64.1 Å². The molecule has 1 aliphatic rings. The molecule has 1 fully saturated rings. The highest BCUT2D eigenvalue weighted by Crippen LogP contribution is 2.34. The number of benzene rings is 2. The molecule has 1 saturated carbocycles. The standard InChI is InChI=1S/C27H31N3O3S/c1-18-25(34-19(2)28-18)27(32)30(22-15-10-16-23(17-22)33-3)24(20-11-6-4-7-12-20)26(31)29-21-13-8-5-9-14-21/h4,6-7,10-12,15-17,21,24H,5,8-9,13-14H2,1-3H3,(H,29,31)/t24-/m0/s1. The lowest BCUT2D eigenvalue weighted by atomic mass is 9.94. The molecule has 0 saturated heterocycles. The van der Waals surface area contributed by atoms with Gasteiger partial charge in [0.25, 0.3) is 5.91 Å². The topological polar surface area (TPSA) is 71.5 Å². The van der Waals surface area contributed by atoms with E-state index in [0.29, 0.717) is 22.0 Å². The van der Waals surface area contributed by atoms with Crippen molar-refractivity contribution in [3.63, 3.8) is 0 Å². The SMILES string of the molecule is COc1cccc(N(C(=O)c2sc(C)nc2C)[C@H](C(=O)NC2CCCCC2)c2ccccc2)c1. The molecule has 6 nitrogen and oxygen atoms in total. The van der Waals surface area contributed by atoms with Crippen molar-refractivity contribution >= 4 is 28.8 Å². The maximum absolute atomic E-state index is 14.1. The zero-order valence-electron chi connectivity index (χ0n) is 19.9. The minimum atomic E-state index is -0.829. The molecule has 0 aliphatic heterocycles. The Kier molecular flexibility index (Phi) is 7.63. The molecule has 7 heteroatoms. The van der Waals surface area contributed by atoms with Gasteiger partial charge < -0.3 is 10.1 Å². The molecule has 1 atom stereocenters. The number of hydrogen-bond donors (Lipinski definition) is 1. The number of rotatable bonds is 7. The number of aromatic nitrogens is 1. The highest BCUT2D eigenvalue weighted by Gasteiger charge is 2.36. The van der Waals surface area contributed by atoms with Crippen LogP contribution in [0.4, 0.5) is 5.69 Å². The number of ether oxygens (including phenoxy) is 1. The van der Waals surface area contributed by atoms with E-state index in [1.54, 1.807) is 18.1 Å². The summed E-state index contributed by atoms with van der Waals surface area (Å²) in [6.07, 6.45) is 5.35. The largest absolute Gasteiger partial charge is 0.497 e. The van der Waals surface area contributed by atoms with Crippen LogP contribution in [-0.4, -0.2) is 29.9 Å². The molecule has 0 spiro atoms. The van der Waals surface area contributed by atoms with Gasteiger partial charge in [-0.3, -0.25) is 14.5 Å². The second-order valence-electron chi connectivity index (χ2n) is 8.68. The van der Waals surface area contributed by atoms with Crippen molar-refractivity contribution in [1.29, 1.82) is 0 Å². The van der Waals surface area contributed by atoms with Crippen LogP contribution in [0, 0.1) is 13.8 Å². The van der Waals surface area contributed by atoms with Crippen molar-refractivity contribution in [2.24, 2.45) is 0 Å². The predicted octanol–water partition coefficient (Wildman–Crippen LogP) is 5.61. The number of thiazole rings is 1. The Morgan fingerprint density at radius 2 is 1.79 bits per heavy atom. The maximum Gasteiger partial charge on any atom is 0.271 e. The first-order valence-electron chi connectivity index (χ1n) is 11.7. The van der Waals surface area contributed by atoms with Gasteiger partial charge >= 0.3 is 0 Å². The second kappa shape index (κ2) is 10.8. The molecule has 2 amide bonds. The van der Waals surface area contributed by atoms with Crippen molar-refractivity contribution in [3.8, 4) is 5.75 Å². The summed E-state index contributed by atoms with van der Waals surface area (Å²) in [4.78, 5) is 34.5. The van der Waals surface area contributed by atoms with Gasteiger partial charge in [-0.05, 0) is 44.4 Å². The van der Waals surface area contributed by atoms with E-state index in [1.165, 1.54) is 17.8 Å². The molecule has 34 heavy (non-hydrogen) atoms. The minimum absolute atomic E-state index is 0.127. The molecular formula is C27H31N3O3S. The fraction of sp³-hybridized carbons (Fsp3) is 0.370. The van der Waals surface area contributed by atoms with Gasteiger partial charge in [-0.25, -0.2) is 4.98 Å². The quantitative estimate of drug-likeness (QED) is 0.480. The number of carbonyl (C=O) groups excluding carboxylic acids is 2. The fourth-order valence-electron chi connectivity index (χ4n) is 4.56. The summed E-state index contributed by atoms with van der Waals surface area (Å²) < 4.78 is 5.44. The zero-order valence-corrected chi connectivity index (χ0v) is 20.7. The van der Waals surface area contributed by atoms with E-state index in [1.807, 2.05) is 62.4 Å². The van der Waals surface area contributed by atoms with E-state index in [4.69, 9.17) is 4.74 Å². The van der Waals surface area contributed by atoms with Gasteiger partial charge in [-0.1, -0.05) is 55.7 Å². The van der Waals surface area contributed by atoms with Crippen molar-refractivity contribution < 1.29 is 14.3 Å². The van der Waals surface area contributed by atoms with Crippen LogP contribution in [0.15, 0.2) is 54.6 Å². The average Bonchev–Trinajstić information content (AvgIpc) is 3.20. The van der Waals surface area contributed by atoms with E-state index < -0.39 is 6.04 Å². The Balaban J connectivity index is 1.82. The molecular weight excluding hydrogens is 446 g/mol. The zero-order chi connectivity index (χ0) is 24.1. The Morgan fingerprint density at radius 3 is 2.44 bits per heavy atom. The first-order chi connectivity index (χ1) is 16.5. The first kappa shape index (κ1) is 24.0. The number of amides is 2. The molecule has 1 aromatic heterocycles. The van der Waals surface area contributed by atoms with E-state index in [0.717, 1.165) is 36.3 Å². The Morgan fingerprint density at radius 1 is 1.06 bits per heavy atom. The first-order valence-corrected chi connectivity index (χ1v) is 12.6. The minimum Gasteiger partial charge on any atom is -0.497 e. The third kappa shape index (κ3) is 5.30. The summed E-state index contributed by atoms with van der Waals surface area (Å²) in [7, 11) is 1.59. The summed E-state index contributed by atoms with van der Waals surface area (Å²) in [5, 5.41) is 4.06. The number of hydrogen-bond acceptors (Lipinski definition) is 5. The van der Waals surface area contributed by atoms with E-state index in [9.17, 15) is 9.59 Å². The molecule has 178 valence electrons. The van der Waals surface area contributed by atoms with Crippen molar-refractivity contribution in [2.75, 3.05) is 12.0 Å². The number of aryl methyl sites for hydroxylation is 2. The van der Waals surface area contributed by atoms with Crippen LogP contribution in [0.2, 0.25) is 0 Å². The molecule has 2 aromatic carbocycles. The predicted molar refractivity (Wildman–Crippen MR) is 136 cm³/mol. The monoisotopic (exact) mass is 477 g/mol. The molecule has 0 radical (unpaired) electrons. The van der Waals surface area contributed by atoms with Crippen molar-refractivity contribution in [3.05, 3.63) is 75.7 Å². The molecule has 0 unspecified atom stereocenters. The lowest BCUT2D eigenvalue weighted by Gasteiger charge is -2.33. The van der Waals surface area contributed by atoms with Gasteiger partial charge in [0.15, 0.2) is 0 Å². The van der Waals surface area contributed by atoms with Gasteiger partial charge in [0.1, 0.15) is 16.7 Å². The summed E-state index contributed by atoms with van der Waals surface area (Å²) in [5.74, 6) is 0.198. The molecule has 1 heterocycles. The normalized spacial score (nSPS) is 14.9. The van der Waals surface area contributed by atoms with Crippen LogP contribution >= 0.6 is 11.3 Å². The summed E-state index contributed by atoms with van der Waals surface area (Å²) in [6, 6.07) is 16.1. The van der Waals surface area contributed by atoms with Crippen LogP contribution in [0.3, 0.4) is 0 Å². The Hall–Kier alpha value is -3.19. The van der Waals surface area contributed by atoms with Crippen LogP contribution in [0.5, 0.6) is 5.75 Å². The van der Waals surface area contributed by atoms with Gasteiger partial charge in [0.2, 0.25) is 5.91 Å². The Bertz CT molecular complexity index is 1140. The summed E-state index contributed by atoms with van der Waals surface area (Å²) in [6.45, 7) is 3.72. The molecule has 4 rings (SSSR count). The van der Waals surface area contributed by atoms with Crippen LogP contribution in [0.25, 0.3) is 0 Å².